The fourth-order valence-corrected chi connectivity index (χ4v) is 5.51. The van der Waals surface area contributed by atoms with E-state index < -0.39 is 0 Å². The number of hydrogen-bond acceptors (Lipinski definition) is 7. The van der Waals surface area contributed by atoms with E-state index in [-0.39, 0.29) is 5.91 Å². The highest BCUT2D eigenvalue weighted by Gasteiger charge is 2.26. The number of morpholine rings is 1. The first-order valence-electron chi connectivity index (χ1n) is 11.7. The lowest BCUT2D eigenvalue weighted by Gasteiger charge is -2.29. The van der Waals surface area contributed by atoms with Gasteiger partial charge in [-0.1, -0.05) is 41.7 Å². The first kappa shape index (κ1) is 23.5. The molecule has 0 bridgehead atoms. The fourth-order valence-electron chi connectivity index (χ4n) is 4.43. The van der Waals surface area contributed by atoms with Gasteiger partial charge in [0.05, 0.1) is 37.7 Å². The zero-order valence-corrected chi connectivity index (χ0v) is 21.1. The minimum Gasteiger partial charge on any atom is -0.496 e. The lowest BCUT2D eigenvalue weighted by atomic mass is 10.0. The van der Waals surface area contributed by atoms with Crippen LogP contribution in [0.1, 0.15) is 15.9 Å². The standard InChI is InChI=1S/C27H29N3O4S/c1-18-8-9-22(32-2)24-25(18)35-27(28-24)30(11-10-29-12-14-34-15-13-29)26(31)21-16-19-6-4-5-7-20(19)17-23(21)33-3/h4-9,16-17H,10-15H2,1-3H3. The second-order valence-electron chi connectivity index (χ2n) is 8.57. The van der Waals surface area contributed by atoms with Gasteiger partial charge < -0.3 is 14.2 Å². The topological polar surface area (TPSA) is 64.1 Å². The van der Waals surface area contributed by atoms with Gasteiger partial charge in [-0.2, -0.15) is 0 Å². The molecule has 35 heavy (non-hydrogen) atoms. The molecule has 2 heterocycles. The van der Waals surface area contributed by atoms with Crippen LogP contribution in [0.4, 0.5) is 5.13 Å². The quantitative estimate of drug-likeness (QED) is 0.372. The average molecular weight is 492 g/mol. The summed E-state index contributed by atoms with van der Waals surface area (Å²) in [6.45, 7) is 6.43. The summed E-state index contributed by atoms with van der Waals surface area (Å²) in [6.07, 6.45) is 0. The lowest BCUT2D eigenvalue weighted by molar-refractivity contribution is 0.0391. The smallest absolute Gasteiger partial charge is 0.263 e. The maximum absolute atomic E-state index is 14.1. The molecular formula is C27H29N3O4S. The molecule has 0 aliphatic carbocycles. The Hall–Kier alpha value is -3.20. The van der Waals surface area contributed by atoms with E-state index in [1.165, 1.54) is 11.3 Å². The van der Waals surface area contributed by atoms with Crippen LogP contribution in [0.2, 0.25) is 0 Å². The summed E-state index contributed by atoms with van der Waals surface area (Å²) in [6, 6.07) is 15.8. The van der Waals surface area contributed by atoms with Crippen LogP contribution in [0.5, 0.6) is 11.5 Å². The van der Waals surface area contributed by atoms with Crippen molar-refractivity contribution < 1.29 is 19.0 Å². The molecule has 1 amide bonds. The SMILES string of the molecule is COc1cc2ccccc2cc1C(=O)N(CCN1CCOCC1)c1nc2c(OC)ccc(C)c2s1. The number of carbonyl (C=O) groups excluding carboxylic acids is 1. The van der Waals surface area contributed by atoms with Crippen molar-refractivity contribution in [3.63, 3.8) is 0 Å². The molecule has 7 nitrogen and oxygen atoms in total. The highest BCUT2D eigenvalue weighted by atomic mass is 32.1. The largest absolute Gasteiger partial charge is 0.496 e. The first-order valence-corrected chi connectivity index (χ1v) is 12.5. The first-order chi connectivity index (χ1) is 17.1. The number of amides is 1. The second kappa shape index (κ2) is 10.2. The van der Waals surface area contributed by atoms with E-state index in [0.29, 0.717) is 42.0 Å². The molecule has 3 aromatic carbocycles. The number of ether oxygens (including phenoxy) is 3. The molecule has 182 valence electrons. The number of carbonyl (C=O) groups is 1. The highest BCUT2D eigenvalue weighted by Crippen LogP contribution is 2.37. The molecule has 1 aliphatic rings. The zero-order chi connectivity index (χ0) is 24.4. The molecular weight excluding hydrogens is 462 g/mol. The number of benzene rings is 3. The summed E-state index contributed by atoms with van der Waals surface area (Å²) in [5.41, 5.74) is 2.41. The van der Waals surface area contributed by atoms with Gasteiger partial charge in [0.15, 0.2) is 5.13 Å². The van der Waals surface area contributed by atoms with Crippen LogP contribution in [-0.2, 0) is 4.74 Å². The van der Waals surface area contributed by atoms with Crippen molar-refractivity contribution in [3.8, 4) is 11.5 Å². The van der Waals surface area contributed by atoms with Gasteiger partial charge in [0.25, 0.3) is 5.91 Å². The molecule has 0 atom stereocenters. The van der Waals surface area contributed by atoms with Crippen molar-refractivity contribution in [1.82, 2.24) is 9.88 Å². The fraction of sp³-hybridized carbons (Fsp3) is 0.333. The van der Waals surface area contributed by atoms with Crippen molar-refractivity contribution in [3.05, 3.63) is 59.7 Å². The zero-order valence-electron chi connectivity index (χ0n) is 20.2. The Balaban J connectivity index is 1.57. The molecule has 0 radical (unpaired) electrons. The van der Waals surface area contributed by atoms with E-state index in [2.05, 4.69) is 11.8 Å². The molecule has 1 aliphatic heterocycles. The number of aromatic nitrogens is 1. The van der Waals surface area contributed by atoms with Crippen LogP contribution in [0.15, 0.2) is 48.5 Å². The van der Waals surface area contributed by atoms with Gasteiger partial charge in [0.2, 0.25) is 0 Å². The second-order valence-corrected chi connectivity index (χ2v) is 9.55. The highest BCUT2D eigenvalue weighted by molar-refractivity contribution is 7.22. The van der Waals surface area contributed by atoms with Gasteiger partial charge in [-0.05, 0) is 41.5 Å². The Bertz CT molecular complexity index is 1360. The van der Waals surface area contributed by atoms with Gasteiger partial charge in [-0.25, -0.2) is 4.98 Å². The Kier molecular flexibility index (Phi) is 6.86. The molecule has 0 N–H and O–H groups in total. The molecule has 1 fully saturated rings. The van der Waals surface area contributed by atoms with E-state index >= 15 is 0 Å². The van der Waals surface area contributed by atoms with Gasteiger partial charge in [0, 0.05) is 26.2 Å². The summed E-state index contributed by atoms with van der Waals surface area (Å²) in [7, 11) is 3.25. The van der Waals surface area contributed by atoms with Crippen LogP contribution in [0.25, 0.3) is 21.0 Å². The molecule has 4 aromatic rings. The summed E-state index contributed by atoms with van der Waals surface area (Å²) in [4.78, 5) is 23.1. The van der Waals surface area contributed by atoms with Gasteiger partial charge in [-0.15, -0.1) is 0 Å². The average Bonchev–Trinajstić information content (AvgIpc) is 3.35. The summed E-state index contributed by atoms with van der Waals surface area (Å²) < 4.78 is 17.7. The van der Waals surface area contributed by atoms with Crippen molar-refractivity contribution in [1.29, 1.82) is 0 Å². The van der Waals surface area contributed by atoms with Crippen LogP contribution in [0.3, 0.4) is 0 Å². The van der Waals surface area contributed by atoms with Gasteiger partial charge in [0.1, 0.15) is 17.0 Å². The van der Waals surface area contributed by atoms with Crippen molar-refractivity contribution >= 4 is 43.4 Å². The Morgan fingerprint density at radius 1 is 1.06 bits per heavy atom. The van der Waals surface area contributed by atoms with Crippen LogP contribution in [0, 0.1) is 6.92 Å². The number of aryl methyl sites for hydroxylation is 1. The van der Waals surface area contributed by atoms with Crippen LogP contribution < -0.4 is 14.4 Å². The number of nitrogens with zero attached hydrogens (tertiary/aromatic N) is 3. The molecule has 5 rings (SSSR count). The minimum atomic E-state index is -0.128. The predicted octanol–water partition coefficient (Wildman–Crippen LogP) is 4.75. The van der Waals surface area contributed by atoms with Crippen molar-refractivity contribution in [2.75, 3.05) is 58.5 Å². The van der Waals surface area contributed by atoms with E-state index in [1.807, 2.05) is 48.5 Å². The van der Waals surface area contributed by atoms with E-state index in [9.17, 15) is 4.79 Å². The van der Waals surface area contributed by atoms with E-state index in [4.69, 9.17) is 19.2 Å². The number of rotatable bonds is 7. The third-order valence-electron chi connectivity index (χ3n) is 6.43. The molecule has 8 heteroatoms. The van der Waals surface area contributed by atoms with Crippen molar-refractivity contribution in [2.45, 2.75) is 6.92 Å². The third-order valence-corrected chi connectivity index (χ3v) is 7.64. The number of thiazole rings is 1. The lowest BCUT2D eigenvalue weighted by Crippen LogP contribution is -2.43. The van der Waals surface area contributed by atoms with Crippen LogP contribution >= 0.6 is 11.3 Å². The van der Waals surface area contributed by atoms with E-state index in [0.717, 1.165) is 46.2 Å². The summed E-state index contributed by atoms with van der Waals surface area (Å²) in [5, 5.41) is 2.67. The summed E-state index contributed by atoms with van der Waals surface area (Å²) in [5.74, 6) is 1.13. The normalized spacial score (nSPS) is 14.4. The number of anilines is 1. The van der Waals surface area contributed by atoms with Crippen molar-refractivity contribution in [2.24, 2.45) is 0 Å². The van der Waals surface area contributed by atoms with Gasteiger partial charge >= 0.3 is 0 Å². The number of hydrogen-bond donors (Lipinski definition) is 0. The maximum atomic E-state index is 14.1. The number of methoxy groups -OCH3 is 2. The molecule has 0 spiro atoms. The molecule has 1 saturated heterocycles. The Labute approximate surface area is 208 Å². The van der Waals surface area contributed by atoms with Crippen LogP contribution in [-0.4, -0.2) is 69.4 Å². The van der Waals surface area contributed by atoms with E-state index in [1.54, 1.807) is 19.1 Å². The molecule has 1 aromatic heterocycles. The Morgan fingerprint density at radius 2 is 1.77 bits per heavy atom. The maximum Gasteiger partial charge on any atom is 0.263 e. The molecule has 0 saturated carbocycles. The number of fused-ring (bicyclic) bond motifs is 2. The summed E-state index contributed by atoms with van der Waals surface area (Å²) >= 11 is 1.52. The predicted molar refractivity (Wildman–Crippen MR) is 140 cm³/mol. The van der Waals surface area contributed by atoms with Gasteiger partial charge in [-0.3, -0.25) is 14.6 Å². The monoisotopic (exact) mass is 491 g/mol. The molecule has 0 unspecified atom stereocenters. The minimum absolute atomic E-state index is 0.128. The third kappa shape index (κ3) is 4.69. The Morgan fingerprint density at radius 3 is 2.49 bits per heavy atom.